The maximum Gasteiger partial charge on any atom is 0.332 e. The van der Waals surface area contributed by atoms with Crippen LogP contribution in [0.15, 0.2) is 0 Å². The SMILES string of the molecule is [CH2]C(CCCCCCCC)OC(=O)COC. The Morgan fingerprint density at radius 2 is 1.81 bits per heavy atom. The first kappa shape index (κ1) is 15.4. The van der Waals surface area contributed by atoms with Crippen molar-refractivity contribution in [2.45, 2.75) is 58.0 Å². The molecule has 0 saturated carbocycles. The van der Waals surface area contributed by atoms with Crippen LogP contribution in [0.2, 0.25) is 0 Å². The van der Waals surface area contributed by atoms with E-state index in [1.165, 1.54) is 39.2 Å². The second-order valence-corrected chi connectivity index (χ2v) is 4.10. The Morgan fingerprint density at radius 3 is 2.44 bits per heavy atom. The molecule has 0 aromatic heterocycles. The van der Waals surface area contributed by atoms with Gasteiger partial charge in [0.15, 0.2) is 0 Å². The Kier molecular flexibility index (Phi) is 10.5. The van der Waals surface area contributed by atoms with E-state index in [0.717, 1.165) is 12.8 Å². The number of carbonyl (C=O) groups is 1. The Balaban J connectivity index is 3.29. The number of hydrogen-bond donors (Lipinski definition) is 0. The number of carbonyl (C=O) groups excluding carboxylic acids is 1. The summed E-state index contributed by atoms with van der Waals surface area (Å²) >= 11 is 0. The Hall–Kier alpha value is -0.570. The van der Waals surface area contributed by atoms with E-state index in [0.29, 0.717) is 0 Å². The van der Waals surface area contributed by atoms with Crippen LogP contribution in [0, 0.1) is 6.92 Å². The highest BCUT2D eigenvalue weighted by Gasteiger charge is 2.08. The van der Waals surface area contributed by atoms with Crippen LogP contribution in [-0.2, 0) is 14.3 Å². The Labute approximate surface area is 99.5 Å². The van der Waals surface area contributed by atoms with E-state index in [1.54, 1.807) is 0 Å². The second-order valence-electron chi connectivity index (χ2n) is 4.10. The predicted octanol–water partition coefficient (Wildman–Crippen LogP) is 3.13. The maximum absolute atomic E-state index is 11.0. The summed E-state index contributed by atoms with van der Waals surface area (Å²) in [7, 11) is 1.48. The predicted molar refractivity (Wildman–Crippen MR) is 65.1 cm³/mol. The van der Waals surface area contributed by atoms with Crippen molar-refractivity contribution in [1.29, 1.82) is 0 Å². The highest BCUT2D eigenvalue weighted by molar-refractivity contribution is 5.70. The van der Waals surface area contributed by atoms with Crippen LogP contribution in [-0.4, -0.2) is 25.8 Å². The average Bonchev–Trinajstić information content (AvgIpc) is 2.23. The van der Waals surface area contributed by atoms with Crippen LogP contribution < -0.4 is 0 Å². The maximum atomic E-state index is 11.0. The van der Waals surface area contributed by atoms with Gasteiger partial charge in [-0.1, -0.05) is 39.0 Å². The van der Waals surface area contributed by atoms with Gasteiger partial charge in [0.1, 0.15) is 12.7 Å². The van der Waals surface area contributed by atoms with E-state index in [1.807, 2.05) is 0 Å². The molecule has 1 radical (unpaired) electrons. The van der Waals surface area contributed by atoms with Gasteiger partial charge in [-0.05, 0) is 19.8 Å². The van der Waals surface area contributed by atoms with Crippen molar-refractivity contribution in [2.75, 3.05) is 13.7 Å². The first-order chi connectivity index (χ1) is 7.70. The van der Waals surface area contributed by atoms with Crippen LogP contribution in [0.25, 0.3) is 0 Å². The number of unbranched alkanes of at least 4 members (excludes halogenated alkanes) is 5. The van der Waals surface area contributed by atoms with Gasteiger partial charge in [-0.3, -0.25) is 0 Å². The lowest BCUT2D eigenvalue weighted by Gasteiger charge is -2.12. The molecule has 95 valence electrons. The summed E-state index contributed by atoms with van der Waals surface area (Å²) in [4.78, 5) is 11.0. The molecule has 0 aliphatic carbocycles. The van der Waals surface area contributed by atoms with Crippen molar-refractivity contribution < 1.29 is 14.3 Å². The Bertz CT molecular complexity index is 169. The molecule has 0 rings (SSSR count). The van der Waals surface area contributed by atoms with Gasteiger partial charge in [0, 0.05) is 7.11 Å². The number of esters is 1. The van der Waals surface area contributed by atoms with Gasteiger partial charge in [0.25, 0.3) is 0 Å². The van der Waals surface area contributed by atoms with E-state index in [-0.39, 0.29) is 18.7 Å². The molecule has 3 heteroatoms. The van der Waals surface area contributed by atoms with Crippen molar-refractivity contribution in [3.8, 4) is 0 Å². The van der Waals surface area contributed by atoms with Crippen molar-refractivity contribution in [3.63, 3.8) is 0 Å². The van der Waals surface area contributed by atoms with Crippen LogP contribution in [0.5, 0.6) is 0 Å². The normalized spacial score (nSPS) is 12.4. The third-order valence-corrected chi connectivity index (χ3v) is 2.44. The Morgan fingerprint density at radius 1 is 1.19 bits per heavy atom. The van der Waals surface area contributed by atoms with E-state index < -0.39 is 0 Å². The van der Waals surface area contributed by atoms with Gasteiger partial charge < -0.3 is 9.47 Å². The minimum atomic E-state index is -0.325. The third kappa shape index (κ3) is 9.97. The highest BCUT2D eigenvalue weighted by atomic mass is 16.6. The number of rotatable bonds is 10. The van der Waals surface area contributed by atoms with E-state index in [4.69, 9.17) is 4.74 Å². The standard InChI is InChI=1S/C13H25O3/c1-4-5-6-7-8-9-10-12(2)16-13(14)11-15-3/h12H,2,4-11H2,1,3H3. The zero-order chi connectivity index (χ0) is 12.2. The van der Waals surface area contributed by atoms with Gasteiger partial charge >= 0.3 is 5.97 Å². The highest BCUT2D eigenvalue weighted by Crippen LogP contribution is 2.10. The summed E-state index contributed by atoms with van der Waals surface area (Å²) in [5.41, 5.74) is 0. The fourth-order valence-corrected chi connectivity index (χ4v) is 1.55. The molecule has 0 N–H and O–H groups in total. The molecule has 1 unspecified atom stereocenters. The monoisotopic (exact) mass is 229 g/mol. The lowest BCUT2D eigenvalue weighted by molar-refractivity contribution is -0.151. The molecule has 0 spiro atoms. The molecule has 0 aromatic carbocycles. The number of ether oxygens (including phenoxy) is 2. The number of methoxy groups -OCH3 is 1. The van der Waals surface area contributed by atoms with Crippen molar-refractivity contribution in [3.05, 3.63) is 6.92 Å². The van der Waals surface area contributed by atoms with Crippen LogP contribution in [0.3, 0.4) is 0 Å². The second kappa shape index (κ2) is 10.9. The summed E-state index contributed by atoms with van der Waals surface area (Å²) in [5.74, 6) is -0.325. The molecule has 1 atom stereocenters. The minimum absolute atomic E-state index is 0.0164. The van der Waals surface area contributed by atoms with E-state index in [9.17, 15) is 4.79 Å². The quantitative estimate of drug-likeness (QED) is 0.426. The number of hydrogen-bond acceptors (Lipinski definition) is 3. The summed E-state index contributed by atoms with van der Waals surface area (Å²) in [6.45, 7) is 6.02. The fourth-order valence-electron chi connectivity index (χ4n) is 1.55. The zero-order valence-electron chi connectivity index (χ0n) is 10.7. The van der Waals surface area contributed by atoms with Gasteiger partial charge in [-0.15, -0.1) is 0 Å². The summed E-state index contributed by atoms with van der Waals surface area (Å²) in [6.07, 6.45) is 8.07. The first-order valence-corrected chi connectivity index (χ1v) is 6.22. The molecule has 16 heavy (non-hydrogen) atoms. The third-order valence-electron chi connectivity index (χ3n) is 2.44. The summed E-state index contributed by atoms with van der Waals surface area (Å²) in [5, 5.41) is 0. The molecule has 0 fully saturated rings. The molecule has 0 saturated heterocycles. The molecule has 0 aromatic rings. The lowest BCUT2D eigenvalue weighted by atomic mass is 10.1. The fraction of sp³-hybridized carbons (Fsp3) is 0.846. The molecular weight excluding hydrogens is 204 g/mol. The molecule has 0 heterocycles. The van der Waals surface area contributed by atoms with Crippen molar-refractivity contribution >= 4 is 5.97 Å². The summed E-state index contributed by atoms with van der Waals surface area (Å²) in [6, 6.07) is 0. The zero-order valence-corrected chi connectivity index (χ0v) is 10.7. The van der Waals surface area contributed by atoms with Crippen molar-refractivity contribution in [2.24, 2.45) is 0 Å². The minimum Gasteiger partial charge on any atom is -0.461 e. The molecule has 0 amide bonds. The molecule has 0 aliphatic heterocycles. The summed E-state index contributed by atoms with van der Waals surface area (Å²) < 4.78 is 9.72. The van der Waals surface area contributed by atoms with Gasteiger partial charge in [0.2, 0.25) is 0 Å². The first-order valence-electron chi connectivity index (χ1n) is 6.22. The topological polar surface area (TPSA) is 35.5 Å². The van der Waals surface area contributed by atoms with Gasteiger partial charge in [-0.25, -0.2) is 4.79 Å². The average molecular weight is 229 g/mol. The largest absolute Gasteiger partial charge is 0.461 e. The van der Waals surface area contributed by atoms with E-state index >= 15 is 0 Å². The molecule has 3 nitrogen and oxygen atoms in total. The van der Waals surface area contributed by atoms with E-state index in [2.05, 4.69) is 18.6 Å². The van der Waals surface area contributed by atoms with Gasteiger partial charge in [0.05, 0.1) is 0 Å². The molecular formula is C13H25O3. The van der Waals surface area contributed by atoms with Crippen molar-refractivity contribution in [1.82, 2.24) is 0 Å². The smallest absolute Gasteiger partial charge is 0.332 e. The van der Waals surface area contributed by atoms with Crippen LogP contribution in [0.4, 0.5) is 0 Å². The van der Waals surface area contributed by atoms with Crippen LogP contribution >= 0.6 is 0 Å². The molecule has 0 aliphatic rings. The van der Waals surface area contributed by atoms with Gasteiger partial charge in [-0.2, -0.15) is 0 Å². The lowest BCUT2D eigenvalue weighted by Crippen LogP contribution is -2.18. The van der Waals surface area contributed by atoms with Crippen LogP contribution in [0.1, 0.15) is 51.9 Å². The molecule has 0 bridgehead atoms.